The van der Waals surface area contributed by atoms with Crippen LogP contribution in [-0.4, -0.2) is 20.3 Å². The lowest BCUT2D eigenvalue weighted by Crippen LogP contribution is -2.25. The molecule has 0 saturated carbocycles. The second-order valence-corrected chi connectivity index (χ2v) is 6.38. The monoisotopic (exact) mass is 390 g/mol. The fourth-order valence-corrected chi connectivity index (χ4v) is 3.13. The molecule has 0 aliphatic carbocycles. The number of aromatic nitrogens is 3. The number of carbonyl (C=O) groups is 1. The molecule has 4 rings (SSSR count). The fraction of sp³-hybridized carbons (Fsp3) is 0.158. The van der Waals surface area contributed by atoms with Gasteiger partial charge in [0, 0.05) is 36.6 Å². The summed E-state index contributed by atoms with van der Waals surface area (Å²) in [5.74, 6) is -0.656. The highest BCUT2D eigenvalue weighted by Crippen LogP contribution is 2.35. The molecule has 9 heteroatoms. The van der Waals surface area contributed by atoms with Crippen molar-refractivity contribution in [3.8, 4) is 0 Å². The largest absolute Gasteiger partial charge is 0.418 e. The van der Waals surface area contributed by atoms with Crippen LogP contribution in [-0.2, 0) is 12.6 Å². The van der Waals surface area contributed by atoms with Crippen molar-refractivity contribution in [1.29, 1.82) is 0 Å². The average Bonchev–Trinajstić information content (AvgIpc) is 3.25. The van der Waals surface area contributed by atoms with Gasteiger partial charge in [0.1, 0.15) is 11.2 Å². The maximum atomic E-state index is 13.0. The highest BCUT2D eigenvalue weighted by atomic mass is 19.4. The number of alkyl halides is 3. The standard InChI is InChI=1S/C19H15F3N4O2.H2/c1-2-10-5-16-24-7-13(18(28)26(16)9-10)17(27)25-11-3-4-12-14(19(20,21)22)8-23-15(12)6-11;/h3-9,23-24H,2H2,1H3,(H,25,27);1H. The van der Waals surface area contributed by atoms with Gasteiger partial charge in [-0.1, -0.05) is 13.0 Å². The second kappa shape index (κ2) is 6.29. The Hall–Kier alpha value is -3.49. The molecule has 0 aliphatic heterocycles. The van der Waals surface area contributed by atoms with Crippen LogP contribution in [0.4, 0.5) is 18.9 Å². The number of amides is 1. The van der Waals surface area contributed by atoms with Gasteiger partial charge < -0.3 is 15.3 Å². The van der Waals surface area contributed by atoms with Crippen LogP contribution in [0.25, 0.3) is 16.6 Å². The number of aromatic amines is 2. The van der Waals surface area contributed by atoms with Gasteiger partial charge in [-0.3, -0.25) is 14.0 Å². The molecule has 1 amide bonds. The zero-order chi connectivity index (χ0) is 20.1. The maximum absolute atomic E-state index is 13.0. The number of aryl methyl sites for hydroxylation is 1. The molecular weight excluding hydrogens is 373 g/mol. The van der Waals surface area contributed by atoms with Crippen LogP contribution >= 0.6 is 0 Å². The van der Waals surface area contributed by atoms with Crippen molar-refractivity contribution in [3.05, 3.63) is 69.9 Å². The molecule has 0 saturated heterocycles. The maximum Gasteiger partial charge on any atom is 0.418 e. The van der Waals surface area contributed by atoms with Gasteiger partial charge in [0.15, 0.2) is 0 Å². The minimum absolute atomic E-state index is 0. The van der Waals surface area contributed by atoms with Gasteiger partial charge in [0.05, 0.1) is 5.56 Å². The summed E-state index contributed by atoms with van der Waals surface area (Å²) < 4.78 is 40.2. The Kier molecular flexibility index (Phi) is 4.02. The Balaban J connectivity index is 0.00000240. The number of carbonyl (C=O) groups excluding carboxylic acids is 1. The predicted molar refractivity (Wildman–Crippen MR) is 101 cm³/mol. The molecule has 0 spiro atoms. The molecule has 3 aromatic heterocycles. The summed E-state index contributed by atoms with van der Waals surface area (Å²) >= 11 is 0. The summed E-state index contributed by atoms with van der Waals surface area (Å²) in [6.45, 7) is 1.95. The van der Waals surface area contributed by atoms with E-state index in [1.165, 1.54) is 28.8 Å². The molecule has 6 nitrogen and oxygen atoms in total. The molecule has 4 aromatic rings. The highest BCUT2D eigenvalue weighted by molar-refractivity contribution is 6.04. The number of nitrogens with one attached hydrogen (secondary N) is 3. The van der Waals surface area contributed by atoms with Gasteiger partial charge in [0.25, 0.3) is 11.5 Å². The van der Waals surface area contributed by atoms with E-state index in [4.69, 9.17) is 0 Å². The van der Waals surface area contributed by atoms with Crippen molar-refractivity contribution in [2.45, 2.75) is 19.5 Å². The number of H-pyrrole nitrogens is 2. The van der Waals surface area contributed by atoms with E-state index in [0.29, 0.717) is 5.65 Å². The summed E-state index contributed by atoms with van der Waals surface area (Å²) in [5.41, 5.74) is 0.664. The van der Waals surface area contributed by atoms with Crippen molar-refractivity contribution in [3.63, 3.8) is 0 Å². The Morgan fingerprint density at radius 2 is 2.00 bits per heavy atom. The number of hydrogen-bond donors (Lipinski definition) is 3. The van der Waals surface area contributed by atoms with Gasteiger partial charge in [-0.05, 0) is 30.2 Å². The highest BCUT2D eigenvalue weighted by Gasteiger charge is 2.33. The van der Waals surface area contributed by atoms with Crippen molar-refractivity contribution in [2.75, 3.05) is 5.32 Å². The Labute approximate surface area is 157 Å². The average molecular weight is 390 g/mol. The SMILES string of the molecule is CCc1cc2[nH]cc(C(=O)Nc3ccc4c(C(F)(F)F)c[nH]c4c3)c(=O)n2c1.[HH]. The first-order chi connectivity index (χ1) is 13.3. The van der Waals surface area contributed by atoms with Gasteiger partial charge >= 0.3 is 6.18 Å². The molecule has 0 radical (unpaired) electrons. The molecule has 1 aromatic carbocycles. The minimum atomic E-state index is -4.47. The molecule has 146 valence electrons. The van der Waals surface area contributed by atoms with Crippen LogP contribution in [0.15, 0.2) is 47.7 Å². The number of benzene rings is 1. The van der Waals surface area contributed by atoms with Crippen molar-refractivity contribution >= 4 is 28.1 Å². The van der Waals surface area contributed by atoms with Crippen LogP contribution in [0.5, 0.6) is 0 Å². The molecule has 0 bridgehead atoms. The Bertz CT molecular complexity index is 1270. The summed E-state index contributed by atoms with van der Waals surface area (Å²) in [5, 5.41) is 2.56. The summed E-state index contributed by atoms with van der Waals surface area (Å²) in [4.78, 5) is 30.5. The molecule has 0 aliphatic rings. The smallest absolute Gasteiger partial charge is 0.360 e. The summed E-state index contributed by atoms with van der Waals surface area (Å²) in [6.07, 6.45) is 0.134. The minimum Gasteiger partial charge on any atom is -0.360 e. The number of nitrogens with zero attached hydrogens (tertiary/aromatic N) is 1. The lowest BCUT2D eigenvalue weighted by molar-refractivity contribution is -0.136. The van der Waals surface area contributed by atoms with E-state index < -0.39 is 23.2 Å². The van der Waals surface area contributed by atoms with Crippen molar-refractivity contribution in [2.24, 2.45) is 0 Å². The predicted octanol–water partition coefficient (Wildman–Crippen LogP) is 4.19. The van der Waals surface area contributed by atoms with E-state index in [0.717, 1.165) is 18.2 Å². The third-order valence-electron chi connectivity index (χ3n) is 4.59. The zero-order valence-electron chi connectivity index (χ0n) is 14.6. The number of halogens is 3. The van der Waals surface area contributed by atoms with Crippen LogP contribution in [0.1, 0.15) is 29.8 Å². The lowest BCUT2D eigenvalue weighted by Gasteiger charge is -2.07. The van der Waals surface area contributed by atoms with Gasteiger partial charge in [-0.15, -0.1) is 0 Å². The van der Waals surface area contributed by atoms with E-state index in [9.17, 15) is 22.8 Å². The van der Waals surface area contributed by atoms with E-state index >= 15 is 0 Å². The molecule has 3 N–H and O–H groups in total. The van der Waals surface area contributed by atoms with Crippen molar-refractivity contribution in [1.82, 2.24) is 14.4 Å². The van der Waals surface area contributed by atoms with Gasteiger partial charge in [-0.2, -0.15) is 13.2 Å². The normalized spacial score (nSPS) is 12.0. The van der Waals surface area contributed by atoms with E-state index in [2.05, 4.69) is 15.3 Å². The fourth-order valence-electron chi connectivity index (χ4n) is 3.13. The topological polar surface area (TPSA) is 82.2 Å². The molecule has 0 atom stereocenters. The Morgan fingerprint density at radius 3 is 2.71 bits per heavy atom. The number of hydrogen-bond acceptors (Lipinski definition) is 2. The molecule has 0 unspecified atom stereocenters. The third kappa shape index (κ3) is 2.94. The lowest BCUT2D eigenvalue weighted by atomic mass is 10.1. The van der Waals surface area contributed by atoms with Gasteiger partial charge in [0.2, 0.25) is 0 Å². The van der Waals surface area contributed by atoms with E-state index in [1.807, 2.05) is 13.0 Å². The molecule has 0 fully saturated rings. The van der Waals surface area contributed by atoms with Crippen LogP contribution in [0.2, 0.25) is 0 Å². The molecule has 28 heavy (non-hydrogen) atoms. The van der Waals surface area contributed by atoms with E-state index in [1.54, 1.807) is 6.20 Å². The number of anilines is 1. The van der Waals surface area contributed by atoms with Crippen LogP contribution in [0, 0.1) is 0 Å². The van der Waals surface area contributed by atoms with Gasteiger partial charge in [-0.25, -0.2) is 0 Å². The quantitative estimate of drug-likeness (QED) is 0.490. The Morgan fingerprint density at radius 1 is 1.21 bits per heavy atom. The number of fused-ring (bicyclic) bond motifs is 2. The molecular formula is C19H17F3N4O2. The van der Waals surface area contributed by atoms with Crippen LogP contribution < -0.4 is 10.9 Å². The molecule has 3 heterocycles. The van der Waals surface area contributed by atoms with Crippen molar-refractivity contribution < 1.29 is 19.4 Å². The summed E-state index contributed by atoms with van der Waals surface area (Å²) in [6, 6.07) is 5.85. The number of rotatable bonds is 3. The second-order valence-electron chi connectivity index (χ2n) is 6.38. The zero-order valence-corrected chi connectivity index (χ0v) is 14.6. The summed E-state index contributed by atoms with van der Waals surface area (Å²) in [7, 11) is 0. The van der Waals surface area contributed by atoms with Crippen LogP contribution in [0.3, 0.4) is 0 Å². The van der Waals surface area contributed by atoms with E-state index in [-0.39, 0.29) is 23.6 Å². The first-order valence-electron chi connectivity index (χ1n) is 8.50. The third-order valence-corrected chi connectivity index (χ3v) is 4.59. The first kappa shape index (κ1) is 17.9. The first-order valence-corrected chi connectivity index (χ1v) is 8.50.